The van der Waals surface area contributed by atoms with Crippen LogP contribution in [0.25, 0.3) is 0 Å². The number of hydrogen-bond donors (Lipinski definition) is 1. The van der Waals surface area contributed by atoms with E-state index in [2.05, 4.69) is 19.2 Å². The first-order valence-electron chi connectivity index (χ1n) is 5.57. The second kappa shape index (κ2) is 3.93. The third kappa shape index (κ3) is 2.78. The van der Waals surface area contributed by atoms with E-state index in [9.17, 15) is 4.39 Å². The van der Waals surface area contributed by atoms with Gasteiger partial charge in [0.25, 0.3) is 0 Å². The molecule has 1 aliphatic rings. The summed E-state index contributed by atoms with van der Waals surface area (Å²) < 4.78 is 12.7. The highest BCUT2D eigenvalue weighted by Crippen LogP contribution is 2.39. The van der Waals surface area contributed by atoms with Crippen LogP contribution in [0.3, 0.4) is 0 Å². The van der Waals surface area contributed by atoms with Gasteiger partial charge in [0.2, 0.25) is 0 Å². The van der Waals surface area contributed by atoms with Crippen LogP contribution in [-0.4, -0.2) is 5.54 Å². The van der Waals surface area contributed by atoms with Gasteiger partial charge in [0.1, 0.15) is 5.82 Å². The van der Waals surface area contributed by atoms with Gasteiger partial charge in [0.15, 0.2) is 0 Å². The van der Waals surface area contributed by atoms with Gasteiger partial charge in [-0.2, -0.15) is 0 Å². The van der Waals surface area contributed by atoms with Crippen molar-refractivity contribution in [2.45, 2.75) is 38.8 Å². The molecule has 1 aromatic rings. The Bertz CT molecular complexity index is 325. The Hall–Kier alpha value is -0.890. The summed E-state index contributed by atoms with van der Waals surface area (Å²) >= 11 is 0. The van der Waals surface area contributed by atoms with Gasteiger partial charge in [-0.1, -0.05) is 12.1 Å². The second-order valence-electron chi connectivity index (χ2n) is 4.98. The fraction of sp³-hybridized carbons (Fsp3) is 0.538. The molecule has 82 valence electrons. The fourth-order valence-corrected chi connectivity index (χ4v) is 1.88. The minimum absolute atomic E-state index is 0.166. The molecule has 0 atom stereocenters. The molecular formula is C13H18FN. The van der Waals surface area contributed by atoms with Crippen molar-refractivity contribution in [1.29, 1.82) is 0 Å². The molecule has 0 spiro atoms. The van der Waals surface area contributed by atoms with E-state index < -0.39 is 0 Å². The van der Waals surface area contributed by atoms with Crippen molar-refractivity contribution in [3.8, 4) is 0 Å². The number of nitrogens with one attached hydrogen (secondary N) is 1. The average Bonchev–Trinajstić information content (AvgIpc) is 3.00. The molecule has 1 nitrogen and oxygen atoms in total. The Labute approximate surface area is 90.7 Å². The first-order valence-corrected chi connectivity index (χ1v) is 5.57. The van der Waals surface area contributed by atoms with Crippen molar-refractivity contribution in [2.24, 2.45) is 5.92 Å². The number of benzene rings is 1. The Morgan fingerprint density at radius 2 is 1.87 bits per heavy atom. The molecule has 0 aromatic heterocycles. The minimum atomic E-state index is -0.166. The summed E-state index contributed by atoms with van der Waals surface area (Å²) in [6, 6.07) is 6.71. The quantitative estimate of drug-likeness (QED) is 0.800. The second-order valence-corrected chi connectivity index (χ2v) is 4.98. The zero-order valence-corrected chi connectivity index (χ0v) is 9.39. The van der Waals surface area contributed by atoms with E-state index in [0.29, 0.717) is 0 Å². The Morgan fingerprint density at radius 1 is 1.27 bits per heavy atom. The summed E-state index contributed by atoms with van der Waals surface area (Å²) in [4.78, 5) is 0. The zero-order chi connectivity index (χ0) is 10.9. The molecule has 15 heavy (non-hydrogen) atoms. The predicted octanol–water partition coefficient (Wildman–Crippen LogP) is 3.10. The molecule has 0 heterocycles. The lowest BCUT2D eigenvalue weighted by molar-refractivity contribution is 0.339. The van der Waals surface area contributed by atoms with Crippen LogP contribution in [0.4, 0.5) is 4.39 Å². The lowest BCUT2D eigenvalue weighted by Crippen LogP contribution is -2.40. The predicted molar refractivity (Wildman–Crippen MR) is 60.0 cm³/mol. The summed E-state index contributed by atoms with van der Waals surface area (Å²) in [5.74, 6) is 0.651. The zero-order valence-electron chi connectivity index (χ0n) is 9.39. The van der Waals surface area contributed by atoms with Crippen molar-refractivity contribution < 1.29 is 4.39 Å². The molecule has 0 amide bonds. The maximum atomic E-state index is 12.7. The molecule has 2 rings (SSSR count). The molecule has 1 N–H and O–H groups in total. The first kappa shape index (κ1) is 10.6. The third-order valence-corrected chi connectivity index (χ3v) is 3.26. The van der Waals surface area contributed by atoms with Crippen molar-refractivity contribution in [1.82, 2.24) is 5.32 Å². The van der Waals surface area contributed by atoms with Crippen LogP contribution in [0, 0.1) is 11.7 Å². The highest BCUT2D eigenvalue weighted by molar-refractivity contribution is 5.16. The van der Waals surface area contributed by atoms with Crippen molar-refractivity contribution in [3.63, 3.8) is 0 Å². The molecule has 0 bridgehead atoms. The molecule has 1 saturated carbocycles. The van der Waals surface area contributed by atoms with Crippen molar-refractivity contribution in [2.75, 3.05) is 0 Å². The summed E-state index contributed by atoms with van der Waals surface area (Å²) in [5.41, 5.74) is 1.36. The van der Waals surface area contributed by atoms with Crippen molar-refractivity contribution >= 4 is 0 Å². The van der Waals surface area contributed by atoms with Gasteiger partial charge in [-0.15, -0.1) is 0 Å². The van der Waals surface area contributed by atoms with Crippen LogP contribution >= 0.6 is 0 Å². The van der Waals surface area contributed by atoms with Gasteiger partial charge in [-0.25, -0.2) is 4.39 Å². The van der Waals surface area contributed by atoms with Crippen LogP contribution in [-0.2, 0) is 6.54 Å². The van der Waals surface area contributed by atoms with Gasteiger partial charge in [0, 0.05) is 12.1 Å². The molecular weight excluding hydrogens is 189 g/mol. The van der Waals surface area contributed by atoms with E-state index in [1.54, 1.807) is 0 Å². The largest absolute Gasteiger partial charge is 0.307 e. The Morgan fingerprint density at radius 3 is 2.40 bits per heavy atom. The molecule has 0 radical (unpaired) electrons. The van der Waals surface area contributed by atoms with Crippen molar-refractivity contribution in [3.05, 3.63) is 35.6 Å². The van der Waals surface area contributed by atoms with E-state index >= 15 is 0 Å². The highest BCUT2D eigenvalue weighted by atomic mass is 19.1. The molecule has 0 unspecified atom stereocenters. The highest BCUT2D eigenvalue weighted by Gasteiger charge is 2.36. The van der Waals surface area contributed by atoms with Crippen LogP contribution in [0.2, 0.25) is 0 Å². The van der Waals surface area contributed by atoms with Crippen LogP contribution in [0.1, 0.15) is 32.3 Å². The lowest BCUT2D eigenvalue weighted by atomic mass is 9.98. The Kier molecular flexibility index (Phi) is 2.79. The summed E-state index contributed by atoms with van der Waals surface area (Å²) in [6.45, 7) is 5.31. The van der Waals surface area contributed by atoms with Crippen LogP contribution in [0.15, 0.2) is 24.3 Å². The number of halogens is 1. The molecule has 0 aliphatic heterocycles. The van der Waals surface area contributed by atoms with Crippen LogP contribution in [0.5, 0.6) is 0 Å². The lowest BCUT2D eigenvalue weighted by Gasteiger charge is -2.26. The van der Waals surface area contributed by atoms with E-state index in [4.69, 9.17) is 0 Å². The van der Waals surface area contributed by atoms with Crippen LogP contribution < -0.4 is 5.32 Å². The standard InChI is InChI=1S/C13H18FN/c1-13(2,11-5-6-11)15-9-10-3-7-12(14)8-4-10/h3-4,7-8,11,15H,5-6,9H2,1-2H3. The Balaban J connectivity index is 1.89. The van der Waals surface area contributed by atoms with Gasteiger partial charge in [-0.3, -0.25) is 0 Å². The maximum Gasteiger partial charge on any atom is 0.123 e. The number of hydrogen-bond acceptors (Lipinski definition) is 1. The average molecular weight is 207 g/mol. The molecule has 0 saturated heterocycles. The first-order chi connectivity index (χ1) is 7.08. The molecule has 2 heteroatoms. The summed E-state index contributed by atoms with van der Waals surface area (Å²) in [5, 5.41) is 3.53. The maximum absolute atomic E-state index is 12.7. The van der Waals surface area contributed by atoms with Gasteiger partial charge in [0.05, 0.1) is 0 Å². The molecule has 1 aromatic carbocycles. The van der Waals surface area contributed by atoms with E-state index in [1.807, 2.05) is 12.1 Å². The van der Waals surface area contributed by atoms with Gasteiger partial charge in [-0.05, 0) is 50.3 Å². The molecule has 1 aliphatic carbocycles. The third-order valence-electron chi connectivity index (χ3n) is 3.26. The monoisotopic (exact) mass is 207 g/mol. The summed E-state index contributed by atoms with van der Waals surface area (Å²) in [7, 11) is 0. The van der Waals surface area contributed by atoms with E-state index in [0.717, 1.165) is 18.0 Å². The fourth-order valence-electron chi connectivity index (χ4n) is 1.88. The molecule has 1 fully saturated rings. The summed E-state index contributed by atoms with van der Waals surface area (Å²) in [6.07, 6.45) is 2.67. The smallest absolute Gasteiger partial charge is 0.123 e. The van der Waals surface area contributed by atoms with Gasteiger partial charge >= 0.3 is 0 Å². The van der Waals surface area contributed by atoms with E-state index in [1.165, 1.54) is 25.0 Å². The number of rotatable bonds is 4. The topological polar surface area (TPSA) is 12.0 Å². The van der Waals surface area contributed by atoms with Gasteiger partial charge < -0.3 is 5.32 Å². The SMILES string of the molecule is CC(C)(NCc1ccc(F)cc1)C1CC1. The van der Waals surface area contributed by atoms with E-state index in [-0.39, 0.29) is 11.4 Å². The normalized spacial score (nSPS) is 16.7. The minimum Gasteiger partial charge on any atom is -0.307 e.